The van der Waals surface area contributed by atoms with Crippen molar-refractivity contribution >= 4 is 17.5 Å². The fraction of sp³-hybridized carbons (Fsp3) is 0.286. The molecule has 33 heavy (non-hydrogen) atoms. The monoisotopic (exact) mass is 443 g/mol. The minimum absolute atomic E-state index is 0.0133. The molecule has 0 aliphatic rings. The Labute approximate surface area is 196 Å². The number of amides is 2. The Morgan fingerprint density at radius 2 is 1.42 bits per heavy atom. The van der Waals surface area contributed by atoms with Gasteiger partial charge in [-0.3, -0.25) is 9.59 Å². The number of benzene rings is 3. The molecule has 0 heterocycles. The molecule has 3 N–H and O–H groups in total. The zero-order chi connectivity index (χ0) is 23.3. The summed E-state index contributed by atoms with van der Waals surface area (Å²) in [7, 11) is 0. The molecule has 0 aromatic heterocycles. The van der Waals surface area contributed by atoms with Crippen LogP contribution in [-0.2, 0) is 24.2 Å². The number of hydrogen-bond acceptors (Lipinski definition) is 3. The predicted octanol–water partition coefficient (Wildman–Crippen LogP) is 4.73. The fourth-order valence-corrected chi connectivity index (χ4v) is 3.71. The highest BCUT2D eigenvalue weighted by Gasteiger charge is 2.10. The minimum Gasteiger partial charge on any atom is -0.352 e. The second-order valence-corrected chi connectivity index (χ2v) is 8.16. The normalized spacial score (nSPS) is 10.6. The molecule has 0 fully saturated rings. The van der Waals surface area contributed by atoms with Crippen molar-refractivity contribution in [2.45, 2.75) is 39.2 Å². The van der Waals surface area contributed by atoms with Crippen LogP contribution in [0.2, 0.25) is 0 Å². The summed E-state index contributed by atoms with van der Waals surface area (Å²) in [5, 5.41) is 9.28. The molecule has 3 aromatic rings. The average Bonchev–Trinajstić information content (AvgIpc) is 2.83. The first-order valence-electron chi connectivity index (χ1n) is 11.6. The van der Waals surface area contributed by atoms with E-state index in [9.17, 15) is 9.59 Å². The van der Waals surface area contributed by atoms with E-state index >= 15 is 0 Å². The second-order valence-electron chi connectivity index (χ2n) is 8.16. The topological polar surface area (TPSA) is 70.2 Å². The summed E-state index contributed by atoms with van der Waals surface area (Å²) in [6.07, 6.45) is 3.92. The first-order valence-corrected chi connectivity index (χ1v) is 11.6. The molecule has 0 saturated carbocycles. The molecule has 172 valence electrons. The van der Waals surface area contributed by atoms with Gasteiger partial charge in [0.05, 0.1) is 0 Å². The van der Waals surface area contributed by atoms with Gasteiger partial charge in [0.2, 0.25) is 5.91 Å². The highest BCUT2D eigenvalue weighted by atomic mass is 16.2. The van der Waals surface area contributed by atoms with Gasteiger partial charge in [0.25, 0.3) is 5.91 Å². The number of carbonyl (C=O) groups is 2. The molecule has 5 nitrogen and oxygen atoms in total. The molecule has 0 bridgehead atoms. The maximum atomic E-state index is 12.7. The van der Waals surface area contributed by atoms with Crippen LogP contribution < -0.4 is 16.0 Å². The molecule has 5 heteroatoms. The third-order valence-electron chi connectivity index (χ3n) is 5.46. The van der Waals surface area contributed by atoms with Crippen molar-refractivity contribution in [3.8, 4) is 0 Å². The summed E-state index contributed by atoms with van der Waals surface area (Å²) in [5.74, 6) is -0.0834. The lowest BCUT2D eigenvalue weighted by atomic mass is 10.1. The zero-order valence-electron chi connectivity index (χ0n) is 19.3. The maximum absolute atomic E-state index is 12.7. The molecule has 0 atom stereocenters. The molecule has 2 amide bonds. The van der Waals surface area contributed by atoms with Gasteiger partial charge in [0, 0.05) is 31.3 Å². The van der Waals surface area contributed by atoms with Crippen molar-refractivity contribution in [1.82, 2.24) is 10.6 Å². The van der Waals surface area contributed by atoms with Gasteiger partial charge in [-0.1, -0.05) is 60.7 Å². The average molecular weight is 444 g/mol. The van der Waals surface area contributed by atoms with E-state index in [2.05, 4.69) is 40.2 Å². The van der Waals surface area contributed by atoms with Crippen molar-refractivity contribution in [3.05, 3.63) is 101 Å². The van der Waals surface area contributed by atoms with Crippen LogP contribution in [-0.4, -0.2) is 24.9 Å². The number of anilines is 1. The molecule has 0 spiro atoms. The van der Waals surface area contributed by atoms with Gasteiger partial charge in [-0.05, 0) is 67.1 Å². The minimum atomic E-state index is -0.0701. The van der Waals surface area contributed by atoms with Crippen LogP contribution >= 0.6 is 0 Å². The van der Waals surface area contributed by atoms with Crippen LogP contribution in [0.1, 0.15) is 46.8 Å². The highest BCUT2D eigenvalue weighted by Crippen LogP contribution is 2.11. The van der Waals surface area contributed by atoms with E-state index in [4.69, 9.17) is 0 Å². The smallest absolute Gasteiger partial charge is 0.251 e. The van der Waals surface area contributed by atoms with Crippen molar-refractivity contribution in [2.24, 2.45) is 0 Å². The Morgan fingerprint density at radius 3 is 2.18 bits per heavy atom. The van der Waals surface area contributed by atoms with Gasteiger partial charge in [-0.15, -0.1) is 0 Å². The van der Waals surface area contributed by atoms with Crippen LogP contribution in [0.3, 0.4) is 0 Å². The third-order valence-corrected chi connectivity index (χ3v) is 5.46. The lowest BCUT2D eigenvalue weighted by molar-refractivity contribution is -0.114. The van der Waals surface area contributed by atoms with Gasteiger partial charge in [-0.2, -0.15) is 0 Å². The lowest BCUT2D eigenvalue weighted by Gasteiger charge is -2.11. The maximum Gasteiger partial charge on any atom is 0.251 e. The number of rotatable bonds is 12. The molecular weight excluding hydrogens is 410 g/mol. The van der Waals surface area contributed by atoms with Crippen LogP contribution in [0.5, 0.6) is 0 Å². The Balaban J connectivity index is 1.39. The Bertz CT molecular complexity index is 1020. The number of hydrogen-bond donors (Lipinski definition) is 3. The number of carbonyl (C=O) groups excluding carboxylic acids is 2. The van der Waals surface area contributed by atoms with Gasteiger partial charge in [0.15, 0.2) is 0 Å². The molecule has 3 rings (SSSR count). The molecule has 0 saturated heterocycles. The van der Waals surface area contributed by atoms with E-state index in [0.717, 1.165) is 49.0 Å². The fourth-order valence-electron chi connectivity index (χ4n) is 3.71. The van der Waals surface area contributed by atoms with E-state index in [1.807, 2.05) is 54.6 Å². The molecule has 0 aliphatic carbocycles. The summed E-state index contributed by atoms with van der Waals surface area (Å²) < 4.78 is 0. The number of unbranched alkanes of at least 4 members (excludes halogenated alkanes) is 1. The highest BCUT2D eigenvalue weighted by molar-refractivity contribution is 5.95. The van der Waals surface area contributed by atoms with Gasteiger partial charge in [0.1, 0.15) is 0 Å². The van der Waals surface area contributed by atoms with Crippen LogP contribution in [0, 0.1) is 0 Å². The summed E-state index contributed by atoms with van der Waals surface area (Å²) in [4.78, 5) is 23.8. The van der Waals surface area contributed by atoms with Crippen molar-refractivity contribution < 1.29 is 9.59 Å². The summed E-state index contributed by atoms with van der Waals surface area (Å²) in [5.41, 5.74) is 5.06. The van der Waals surface area contributed by atoms with Gasteiger partial charge < -0.3 is 16.0 Å². The Morgan fingerprint density at radius 1 is 0.727 bits per heavy atom. The standard InChI is InChI=1S/C28H33N3O2/c1-22(32)31-26-16-14-24(15-17-26)18-20-29-21-25-12-5-6-13-27(25)28(33)30-19-8-7-11-23-9-3-2-4-10-23/h2-6,9-10,12-17,29H,7-8,11,18-21H2,1H3,(H,30,33)(H,31,32). The van der Waals surface area contributed by atoms with E-state index in [-0.39, 0.29) is 11.8 Å². The third kappa shape index (κ3) is 8.54. The second kappa shape index (κ2) is 13.2. The number of nitrogens with one attached hydrogen (secondary N) is 3. The van der Waals surface area contributed by atoms with E-state index in [1.165, 1.54) is 18.1 Å². The van der Waals surface area contributed by atoms with Crippen LogP contribution in [0.15, 0.2) is 78.9 Å². The van der Waals surface area contributed by atoms with E-state index in [1.54, 1.807) is 0 Å². The number of aryl methyl sites for hydroxylation is 1. The molecule has 0 unspecified atom stereocenters. The van der Waals surface area contributed by atoms with Gasteiger partial charge >= 0.3 is 0 Å². The van der Waals surface area contributed by atoms with Crippen molar-refractivity contribution in [2.75, 3.05) is 18.4 Å². The molecule has 0 aliphatic heterocycles. The summed E-state index contributed by atoms with van der Waals surface area (Å²) in [6, 6.07) is 26.1. The lowest BCUT2D eigenvalue weighted by Crippen LogP contribution is -2.27. The Hall–Kier alpha value is -3.44. The van der Waals surface area contributed by atoms with E-state index in [0.29, 0.717) is 13.1 Å². The summed E-state index contributed by atoms with van der Waals surface area (Å²) in [6.45, 7) is 3.63. The van der Waals surface area contributed by atoms with E-state index < -0.39 is 0 Å². The SMILES string of the molecule is CC(=O)Nc1ccc(CCNCc2ccccc2C(=O)NCCCCc2ccccc2)cc1. The van der Waals surface area contributed by atoms with Crippen LogP contribution in [0.4, 0.5) is 5.69 Å². The summed E-state index contributed by atoms with van der Waals surface area (Å²) >= 11 is 0. The molecular formula is C28H33N3O2. The van der Waals surface area contributed by atoms with Gasteiger partial charge in [-0.25, -0.2) is 0 Å². The molecule has 3 aromatic carbocycles. The first kappa shape index (κ1) is 24.2. The molecule has 0 radical (unpaired) electrons. The predicted molar refractivity (Wildman–Crippen MR) is 134 cm³/mol. The van der Waals surface area contributed by atoms with Crippen molar-refractivity contribution in [1.29, 1.82) is 0 Å². The Kier molecular flexibility index (Phi) is 9.67. The first-order chi connectivity index (χ1) is 16.1. The van der Waals surface area contributed by atoms with Crippen molar-refractivity contribution in [3.63, 3.8) is 0 Å². The zero-order valence-corrected chi connectivity index (χ0v) is 19.3. The van der Waals surface area contributed by atoms with Crippen LogP contribution in [0.25, 0.3) is 0 Å². The quantitative estimate of drug-likeness (QED) is 0.355. The largest absolute Gasteiger partial charge is 0.352 e.